The predicted octanol–water partition coefficient (Wildman–Crippen LogP) is 6.24. The van der Waals surface area contributed by atoms with Gasteiger partial charge in [0.2, 0.25) is 0 Å². The van der Waals surface area contributed by atoms with Crippen LogP contribution in [-0.2, 0) is 6.61 Å². The molecule has 6 heteroatoms. The first-order valence-corrected chi connectivity index (χ1v) is 12.1. The van der Waals surface area contributed by atoms with E-state index in [1.54, 1.807) is 0 Å². The molecule has 0 fully saturated rings. The number of nitrogens with zero attached hydrogens (tertiary/aromatic N) is 3. The number of hydrogen-bond acceptors (Lipinski definition) is 5. The number of aryl methyl sites for hydroxylation is 2. The molecule has 2 aromatic rings. The van der Waals surface area contributed by atoms with Gasteiger partial charge in [-0.3, -0.25) is 0 Å². The van der Waals surface area contributed by atoms with Crippen molar-refractivity contribution in [1.29, 1.82) is 15.8 Å². The molecule has 0 bridgehead atoms. The summed E-state index contributed by atoms with van der Waals surface area (Å²) in [4.78, 5) is 0. The van der Waals surface area contributed by atoms with Crippen molar-refractivity contribution in [1.82, 2.24) is 0 Å². The molecule has 34 heavy (non-hydrogen) atoms. The fourth-order valence-electron chi connectivity index (χ4n) is 5.34. The van der Waals surface area contributed by atoms with Crippen molar-refractivity contribution in [2.75, 3.05) is 0 Å². The molecule has 0 amide bonds. The van der Waals surface area contributed by atoms with Gasteiger partial charge in [0.1, 0.15) is 18.4 Å². The van der Waals surface area contributed by atoms with Crippen LogP contribution < -0.4 is 10.5 Å². The number of halogens is 1. The number of rotatable bonds is 4. The van der Waals surface area contributed by atoms with Gasteiger partial charge >= 0.3 is 0 Å². The molecule has 2 aliphatic rings. The van der Waals surface area contributed by atoms with Crippen molar-refractivity contribution < 1.29 is 4.74 Å². The molecule has 0 heterocycles. The van der Waals surface area contributed by atoms with E-state index in [9.17, 15) is 15.8 Å². The van der Waals surface area contributed by atoms with Gasteiger partial charge in [-0.1, -0.05) is 30.3 Å². The molecular weight excluding hydrogens is 488 g/mol. The number of benzene rings is 2. The Labute approximate surface area is 208 Å². The van der Waals surface area contributed by atoms with Gasteiger partial charge in [0, 0.05) is 5.92 Å². The molecule has 170 valence electrons. The minimum atomic E-state index is -1.61. The summed E-state index contributed by atoms with van der Waals surface area (Å²) < 4.78 is 6.96. The van der Waals surface area contributed by atoms with E-state index in [0.717, 1.165) is 57.3 Å². The van der Waals surface area contributed by atoms with E-state index in [4.69, 9.17) is 10.5 Å². The summed E-state index contributed by atoms with van der Waals surface area (Å²) in [6.45, 7) is 4.39. The monoisotopic (exact) mass is 512 g/mol. The van der Waals surface area contributed by atoms with E-state index < -0.39 is 11.3 Å². The Bertz CT molecular complexity index is 1320. The summed E-state index contributed by atoms with van der Waals surface area (Å²) in [7, 11) is 0. The maximum atomic E-state index is 10.3. The highest BCUT2D eigenvalue weighted by molar-refractivity contribution is 9.10. The topological polar surface area (TPSA) is 107 Å². The van der Waals surface area contributed by atoms with Crippen molar-refractivity contribution in [3.05, 3.63) is 86.0 Å². The molecule has 2 unspecified atom stereocenters. The number of fused-ring (bicyclic) bond motifs is 1. The highest BCUT2D eigenvalue weighted by Gasteiger charge is 2.54. The van der Waals surface area contributed by atoms with E-state index in [0.29, 0.717) is 12.2 Å². The third kappa shape index (κ3) is 3.77. The summed E-state index contributed by atoms with van der Waals surface area (Å²) >= 11 is 3.52. The molecular formula is C28H25BrN4O. The number of ether oxygens (including phenoxy) is 1. The van der Waals surface area contributed by atoms with Gasteiger partial charge in [-0.05, 0) is 94.9 Å². The largest absolute Gasteiger partial charge is 0.488 e. The number of allylic oxidation sites excluding steroid dienone is 4. The third-order valence-corrected chi connectivity index (χ3v) is 7.73. The predicted molar refractivity (Wildman–Crippen MR) is 133 cm³/mol. The van der Waals surface area contributed by atoms with Gasteiger partial charge < -0.3 is 10.5 Å². The van der Waals surface area contributed by atoms with E-state index in [2.05, 4.69) is 52.3 Å². The molecule has 0 aliphatic heterocycles. The average molecular weight is 513 g/mol. The van der Waals surface area contributed by atoms with Gasteiger partial charge in [0.05, 0.1) is 27.9 Å². The van der Waals surface area contributed by atoms with Crippen LogP contribution in [0.4, 0.5) is 0 Å². The van der Waals surface area contributed by atoms with Crippen LogP contribution in [0.25, 0.3) is 0 Å². The van der Waals surface area contributed by atoms with Crippen LogP contribution in [0.15, 0.2) is 63.8 Å². The fourth-order valence-corrected chi connectivity index (χ4v) is 5.74. The van der Waals surface area contributed by atoms with Crippen molar-refractivity contribution in [3.8, 4) is 24.0 Å². The molecule has 4 rings (SSSR count). The van der Waals surface area contributed by atoms with Gasteiger partial charge in [0.15, 0.2) is 5.41 Å². The summed E-state index contributed by atoms with van der Waals surface area (Å²) in [5.74, 6) is 0.163. The van der Waals surface area contributed by atoms with Crippen LogP contribution in [0, 0.1) is 59.2 Å². The first kappa shape index (κ1) is 23.6. The lowest BCUT2D eigenvalue weighted by atomic mass is 9.56. The second kappa shape index (κ2) is 9.38. The molecule has 2 N–H and O–H groups in total. The van der Waals surface area contributed by atoms with Crippen LogP contribution in [0.3, 0.4) is 0 Å². The molecule has 0 spiro atoms. The van der Waals surface area contributed by atoms with Crippen molar-refractivity contribution in [2.24, 2.45) is 17.1 Å². The van der Waals surface area contributed by atoms with E-state index in [1.807, 2.05) is 38.1 Å². The first-order chi connectivity index (χ1) is 16.4. The normalized spacial score (nSPS) is 20.9. The summed E-state index contributed by atoms with van der Waals surface area (Å²) in [5.41, 5.74) is 10.0. The summed E-state index contributed by atoms with van der Waals surface area (Å²) in [6.07, 6.45) is 4.67. The molecule has 0 radical (unpaired) electrons. The maximum Gasteiger partial charge on any atom is 0.191 e. The van der Waals surface area contributed by atoms with Crippen LogP contribution >= 0.6 is 15.9 Å². The first-order valence-electron chi connectivity index (χ1n) is 11.3. The Morgan fingerprint density at radius 1 is 1.12 bits per heavy atom. The minimum Gasteiger partial charge on any atom is -0.488 e. The quantitative estimate of drug-likeness (QED) is 0.521. The van der Waals surface area contributed by atoms with Crippen LogP contribution in [0.5, 0.6) is 5.75 Å². The highest BCUT2D eigenvalue weighted by Crippen LogP contribution is 2.56. The Morgan fingerprint density at radius 2 is 1.85 bits per heavy atom. The van der Waals surface area contributed by atoms with Crippen molar-refractivity contribution >= 4 is 15.9 Å². The zero-order valence-electron chi connectivity index (χ0n) is 19.2. The second-order valence-corrected chi connectivity index (χ2v) is 9.82. The van der Waals surface area contributed by atoms with Gasteiger partial charge in [-0.15, -0.1) is 0 Å². The Balaban J connectivity index is 1.85. The summed E-state index contributed by atoms with van der Waals surface area (Å²) in [5, 5.41) is 30.4. The third-order valence-electron chi connectivity index (χ3n) is 7.08. The van der Waals surface area contributed by atoms with Gasteiger partial charge in [-0.25, -0.2) is 0 Å². The maximum absolute atomic E-state index is 10.3. The Kier molecular flexibility index (Phi) is 6.52. The number of nitriles is 3. The van der Waals surface area contributed by atoms with Crippen molar-refractivity contribution in [2.45, 2.75) is 45.6 Å². The smallest absolute Gasteiger partial charge is 0.191 e. The molecule has 2 aromatic carbocycles. The fraction of sp³-hybridized carbons (Fsp3) is 0.321. The van der Waals surface area contributed by atoms with Gasteiger partial charge in [0.25, 0.3) is 0 Å². The number of hydrogen-bond donors (Lipinski definition) is 1. The van der Waals surface area contributed by atoms with E-state index in [1.165, 1.54) is 0 Å². The van der Waals surface area contributed by atoms with Crippen LogP contribution in [0.2, 0.25) is 0 Å². The highest BCUT2D eigenvalue weighted by atomic mass is 79.9. The zero-order valence-corrected chi connectivity index (χ0v) is 20.8. The van der Waals surface area contributed by atoms with E-state index in [-0.39, 0.29) is 11.6 Å². The standard InChI is InChI=1S/C28H25BrN4O/c1-17-11-18(2)22(12-19(17)14-34-25-10-6-5-9-24(25)29)26-21-8-4-3-7-20(21)23(13-30)27(33)28(26,15-31)16-32/h5-7,9-12,21,26H,3-4,8,14,33H2,1-2H3. The van der Waals surface area contributed by atoms with Gasteiger partial charge in [-0.2, -0.15) is 15.8 Å². The minimum absolute atomic E-state index is 0.0698. The SMILES string of the molecule is Cc1cc(C)c(C2C3CCCC=C3C(C#N)=C(N)C2(C#N)C#N)cc1COc1ccccc1Br. The molecule has 2 atom stereocenters. The number of nitrogens with two attached hydrogens (primary N) is 1. The lowest BCUT2D eigenvalue weighted by Crippen LogP contribution is -2.43. The Morgan fingerprint density at radius 3 is 2.53 bits per heavy atom. The average Bonchev–Trinajstić information content (AvgIpc) is 2.84. The zero-order chi connectivity index (χ0) is 24.5. The Hall–Kier alpha value is -3.53. The molecule has 0 saturated carbocycles. The van der Waals surface area contributed by atoms with Crippen LogP contribution in [-0.4, -0.2) is 0 Å². The molecule has 5 nitrogen and oxygen atoms in total. The summed E-state index contributed by atoms with van der Waals surface area (Å²) in [6, 6.07) is 18.5. The molecule has 0 saturated heterocycles. The second-order valence-electron chi connectivity index (χ2n) is 8.96. The number of para-hydroxylation sites is 1. The van der Waals surface area contributed by atoms with E-state index >= 15 is 0 Å². The molecule has 2 aliphatic carbocycles. The van der Waals surface area contributed by atoms with Crippen LogP contribution in [0.1, 0.15) is 47.4 Å². The lowest BCUT2D eigenvalue weighted by Gasteiger charge is -2.44. The molecule has 0 aromatic heterocycles. The van der Waals surface area contributed by atoms with Crippen molar-refractivity contribution in [3.63, 3.8) is 0 Å². The lowest BCUT2D eigenvalue weighted by molar-refractivity contribution is 0.300.